The highest BCUT2D eigenvalue weighted by molar-refractivity contribution is 5.33. The molecule has 84 valence electrons. The molecule has 0 bridgehead atoms. The Bertz CT molecular complexity index is 401. The van der Waals surface area contributed by atoms with Crippen molar-refractivity contribution in [3.05, 3.63) is 18.0 Å². The molecule has 1 saturated heterocycles. The van der Waals surface area contributed by atoms with Gasteiger partial charge in [0.2, 0.25) is 5.95 Å². The molecular formula is C11H14N4O. The molecule has 0 aliphatic carbocycles. The normalized spacial score (nSPS) is 21.2. The maximum absolute atomic E-state index is 8.78. The number of aromatic nitrogens is 2. The molecule has 1 fully saturated rings. The van der Waals surface area contributed by atoms with Crippen molar-refractivity contribution < 1.29 is 4.74 Å². The molecular weight excluding hydrogens is 204 g/mol. The van der Waals surface area contributed by atoms with Gasteiger partial charge in [0.25, 0.3) is 0 Å². The second kappa shape index (κ2) is 4.90. The molecule has 0 N–H and O–H groups in total. The summed E-state index contributed by atoms with van der Waals surface area (Å²) < 4.78 is 5.55. The quantitative estimate of drug-likeness (QED) is 0.702. The fraction of sp³-hybridized carbons (Fsp3) is 0.545. The van der Waals surface area contributed by atoms with Gasteiger partial charge in [-0.3, -0.25) is 0 Å². The number of anilines is 1. The molecule has 2 heterocycles. The van der Waals surface area contributed by atoms with Crippen LogP contribution in [0.5, 0.6) is 0 Å². The standard InChI is InChI=1S/C11H14N4O/c1-9-8-15(5-2-6-16-9)11-13-4-3-10(7-12)14-11/h3-4,9H,2,5-6,8H2,1H3. The van der Waals surface area contributed by atoms with Crippen LogP contribution in [0.15, 0.2) is 12.3 Å². The molecule has 0 aromatic carbocycles. The second-order valence-corrected chi connectivity index (χ2v) is 3.83. The summed E-state index contributed by atoms with van der Waals surface area (Å²) in [7, 11) is 0. The number of rotatable bonds is 1. The average molecular weight is 218 g/mol. The van der Waals surface area contributed by atoms with E-state index < -0.39 is 0 Å². The topological polar surface area (TPSA) is 62.0 Å². The first-order chi connectivity index (χ1) is 7.79. The van der Waals surface area contributed by atoms with Crippen molar-refractivity contribution in [3.8, 4) is 6.07 Å². The lowest BCUT2D eigenvalue weighted by molar-refractivity contribution is 0.0820. The van der Waals surface area contributed by atoms with Gasteiger partial charge in [0, 0.05) is 25.9 Å². The summed E-state index contributed by atoms with van der Waals surface area (Å²) in [6.07, 6.45) is 2.76. The fourth-order valence-corrected chi connectivity index (χ4v) is 1.74. The van der Waals surface area contributed by atoms with Crippen LogP contribution in [-0.2, 0) is 4.74 Å². The predicted molar refractivity (Wildman–Crippen MR) is 59.0 cm³/mol. The van der Waals surface area contributed by atoms with Crippen molar-refractivity contribution in [3.63, 3.8) is 0 Å². The highest BCUT2D eigenvalue weighted by Gasteiger charge is 2.17. The van der Waals surface area contributed by atoms with Gasteiger partial charge in [-0.05, 0) is 19.4 Å². The highest BCUT2D eigenvalue weighted by atomic mass is 16.5. The Morgan fingerprint density at radius 2 is 2.50 bits per heavy atom. The SMILES string of the molecule is CC1CN(c2nccc(C#N)n2)CCCO1. The van der Waals surface area contributed by atoms with Gasteiger partial charge in [0.1, 0.15) is 11.8 Å². The predicted octanol–water partition coefficient (Wildman–Crippen LogP) is 0.963. The van der Waals surface area contributed by atoms with Crippen LogP contribution in [-0.4, -0.2) is 35.8 Å². The van der Waals surface area contributed by atoms with E-state index >= 15 is 0 Å². The summed E-state index contributed by atoms with van der Waals surface area (Å²) in [6.45, 7) is 4.45. The van der Waals surface area contributed by atoms with Gasteiger partial charge < -0.3 is 9.64 Å². The van der Waals surface area contributed by atoms with Crippen molar-refractivity contribution in [1.29, 1.82) is 5.26 Å². The molecule has 0 spiro atoms. The summed E-state index contributed by atoms with van der Waals surface area (Å²) in [5.41, 5.74) is 0.405. The Kier molecular flexibility index (Phi) is 3.32. The van der Waals surface area contributed by atoms with Gasteiger partial charge in [0.05, 0.1) is 6.10 Å². The molecule has 1 aliphatic rings. The molecule has 5 heteroatoms. The molecule has 1 aliphatic heterocycles. The minimum atomic E-state index is 0.178. The van der Waals surface area contributed by atoms with E-state index in [1.807, 2.05) is 13.0 Å². The lowest BCUT2D eigenvalue weighted by Gasteiger charge is -2.21. The first kappa shape index (κ1) is 10.8. The lowest BCUT2D eigenvalue weighted by atomic mass is 10.3. The van der Waals surface area contributed by atoms with E-state index in [0.717, 1.165) is 26.1 Å². The van der Waals surface area contributed by atoms with E-state index in [1.54, 1.807) is 12.3 Å². The van der Waals surface area contributed by atoms with E-state index in [2.05, 4.69) is 14.9 Å². The Morgan fingerprint density at radius 3 is 3.31 bits per heavy atom. The number of nitriles is 1. The summed E-state index contributed by atoms with van der Waals surface area (Å²) in [6, 6.07) is 3.64. The van der Waals surface area contributed by atoms with Crippen LogP contribution >= 0.6 is 0 Å². The number of nitrogens with zero attached hydrogens (tertiary/aromatic N) is 4. The molecule has 16 heavy (non-hydrogen) atoms. The number of hydrogen-bond acceptors (Lipinski definition) is 5. The molecule has 5 nitrogen and oxygen atoms in total. The Hall–Kier alpha value is -1.67. The molecule has 1 unspecified atom stereocenters. The van der Waals surface area contributed by atoms with Crippen LogP contribution in [0.3, 0.4) is 0 Å². The van der Waals surface area contributed by atoms with Crippen LogP contribution in [0, 0.1) is 11.3 Å². The minimum absolute atomic E-state index is 0.178. The van der Waals surface area contributed by atoms with Gasteiger partial charge in [-0.1, -0.05) is 0 Å². The Balaban J connectivity index is 2.18. The van der Waals surface area contributed by atoms with Crippen molar-refractivity contribution in [1.82, 2.24) is 9.97 Å². The van der Waals surface area contributed by atoms with Crippen molar-refractivity contribution in [2.45, 2.75) is 19.4 Å². The smallest absolute Gasteiger partial charge is 0.226 e. The van der Waals surface area contributed by atoms with Gasteiger partial charge >= 0.3 is 0 Å². The zero-order valence-electron chi connectivity index (χ0n) is 9.26. The Labute approximate surface area is 94.7 Å². The third-order valence-electron chi connectivity index (χ3n) is 2.49. The minimum Gasteiger partial charge on any atom is -0.377 e. The lowest BCUT2D eigenvalue weighted by Crippen LogP contribution is -2.31. The summed E-state index contributed by atoms with van der Waals surface area (Å²) in [5.74, 6) is 0.622. The van der Waals surface area contributed by atoms with Crippen LogP contribution < -0.4 is 4.90 Å². The van der Waals surface area contributed by atoms with E-state index in [-0.39, 0.29) is 6.10 Å². The van der Waals surface area contributed by atoms with Crippen LogP contribution in [0.25, 0.3) is 0 Å². The van der Waals surface area contributed by atoms with Crippen molar-refractivity contribution >= 4 is 5.95 Å². The van der Waals surface area contributed by atoms with Gasteiger partial charge in [-0.25, -0.2) is 9.97 Å². The van der Waals surface area contributed by atoms with Gasteiger partial charge in [0.15, 0.2) is 0 Å². The summed E-state index contributed by atoms with van der Waals surface area (Å²) in [4.78, 5) is 10.5. The molecule has 0 saturated carbocycles. The molecule has 0 radical (unpaired) electrons. The van der Waals surface area contributed by atoms with Crippen LogP contribution in [0.4, 0.5) is 5.95 Å². The largest absolute Gasteiger partial charge is 0.377 e. The first-order valence-electron chi connectivity index (χ1n) is 5.39. The second-order valence-electron chi connectivity index (χ2n) is 3.83. The van der Waals surface area contributed by atoms with Gasteiger partial charge in [-0.2, -0.15) is 5.26 Å². The third kappa shape index (κ3) is 2.47. The fourth-order valence-electron chi connectivity index (χ4n) is 1.74. The zero-order valence-corrected chi connectivity index (χ0v) is 9.26. The molecule has 0 amide bonds. The highest BCUT2D eigenvalue weighted by Crippen LogP contribution is 2.12. The van der Waals surface area contributed by atoms with Crippen molar-refractivity contribution in [2.75, 3.05) is 24.6 Å². The Morgan fingerprint density at radius 1 is 1.62 bits per heavy atom. The third-order valence-corrected chi connectivity index (χ3v) is 2.49. The number of ether oxygens (including phenoxy) is 1. The van der Waals surface area contributed by atoms with E-state index in [4.69, 9.17) is 10.00 Å². The molecule has 2 rings (SSSR count). The van der Waals surface area contributed by atoms with Crippen LogP contribution in [0.2, 0.25) is 0 Å². The maximum Gasteiger partial charge on any atom is 0.226 e. The summed E-state index contributed by atoms with van der Waals surface area (Å²) in [5, 5.41) is 8.78. The van der Waals surface area contributed by atoms with Crippen LogP contribution in [0.1, 0.15) is 19.0 Å². The molecule has 1 aromatic heterocycles. The van der Waals surface area contributed by atoms with Crippen molar-refractivity contribution in [2.24, 2.45) is 0 Å². The van der Waals surface area contributed by atoms with E-state index in [9.17, 15) is 0 Å². The molecule has 1 aromatic rings. The number of hydrogen-bond donors (Lipinski definition) is 0. The van der Waals surface area contributed by atoms with E-state index in [1.165, 1.54) is 0 Å². The monoisotopic (exact) mass is 218 g/mol. The summed E-state index contributed by atoms with van der Waals surface area (Å²) >= 11 is 0. The van der Waals surface area contributed by atoms with E-state index in [0.29, 0.717) is 11.6 Å². The molecule has 1 atom stereocenters. The first-order valence-corrected chi connectivity index (χ1v) is 5.39. The van der Waals surface area contributed by atoms with Gasteiger partial charge in [-0.15, -0.1) is 0 Å². The average Bonchev–Trinajstić information content (AvgIpc) is 2.54. The maximum atomic E-state index is 8.78. The zero-order chi connectivity index (χ0) is 11.4.